The number of hydrogen-bond acceptors (Lipinski definition) is 1. The molecule has 0 fully saturated rings. The van der Waals surface area contributed by atoms with Gasteiger partial charge < -0.3 is 0 Å². The Morgan fingerprint density at radius 3 is 1.68 bits per heavy atom. The Morgan fingerprint density at radius 1 is 0.400 bits per heavy atom. The first-order valence-electron chi connectivity index (χ1n) is 13.8. The maximum absolute atomic E-state index is 2.37. The summed E-state index contributed by atoms with van der Waals surface area (Å²) >= 11 is 1.94. The molecule has 0 N–H and O–H groups in total. The number of thiophene rings is 1. The van der Waals surface area contributed by atoms with Crippen LogP contribution in [0.3, 0.4) is 0 Å². The lowest BCUT2D eigenvalue weighted by atomic mass is 9.86. The Balaban J connectivity index is 1.55. The first kappa shape index (κ1) is 23.2. The van der Waals surface area contributed by atoms with E-state index in [-0.39, 0.29) is 0 Å². The smallest absolute Gasteiger partial charge is 0.0446 e. The molecule has 0 aliphatic carbocycles. The average Bonchev–Trinajstić information content (AvgIpc) is 3.40. The van der Waals surface area contributed by atoms with Crippen LogP contribution >= 0.6 is 11.3 Å². The van der Waals surface area contributed by atoms with E-state index >= 15 is 0 Å². The van der Waals surface area contributed by atoms with E-state index < -0.39 is 0 Å². The molecular formula is C39H26S. The average molecular weight is 527 g/mol. The van der Waals surface area contributed by atoms with E-state index in [0.29, 0.717) is 0 Å². The van der Waals surface area contributed by atoms with Crippen molar-refractivity contribution >= 4 is 53.7 Å². The van der Waals surface area contributed by atoms with Gasteiger partial charge in [0, 0.05) is 26.1 Å². The van der Waals surface area contributed by atoms with Crippen LogP contribution in [0.1, 0.15) is 5.56 Å². The topological polar surface area (TPSA) is 0 Å². The Bertz CT molecular complexity index is 2160. The summed E-state index contributed by atoms with van der Waals surface area (Å²) in [6.45, 7) is 2.24. The zero-order valence-corrected chi connectivity index (χ0v) is 23.0. The zero-order chi connectivity index (χ0) is 26.6. The lowest BCUT2D eigenvalue weighted by Gasteiger charge is -2.18. The molecule has 7 aromatic carbocycles. The van der Waals surface area contributed by atoms with Crippen LogP contribution in [0.5, 0.6) is 0 Å². The lowest BCUT2D eigenvalue weighted by Crippen LogP contribution is -1.90. The number of fused-ring (bicyclic) bond motifs is 4. The van der Waals surface area contributed by atoms with Crippen molar-refractivity contribution < 1.29 is 0 Å². The van der Waals surface area contributed by atoms with Crippen molar-refractivity contribution in [3.05, 3.63) is 145 Å². The van der Waals surface area contributed by atoms with Crippen LogP contribution in [0.4, 0.5) is 0 Å². The van der Waals surface area contributed by atoms with Crippen molar-refractivity contribution in [2.24, 2.45) is 0 Å². The molecule has 0 spiro atoms. The van der Waals surface area contributed by atoms with Crippen LogP contribution in [0, 0.1) is 6.92 Å². The van der Waals surface area contributed by atoms with E-state index in [0.717, 1.165) is 0 Å². The minimum absolute atomic E-state index is 1.25. The Kier molecular flexibility index (Phi) is 5.33. The molecule has 0 saturated heterocycles. The molecule has 40 heavy (non-hydrogen) atoms. The van der Waals surface area contributed by atoms with Crippen LogP contribution in [0.2, 0.25) is 0 Å². The van der Waals surface area contributed by atoms with Crippen molar-refractivity contribution in [1.29, 1.82) is 0 Å². The summed E-state index contributed by atoms with van der Waals surface area (Å²) in [7, 11) is 0. The maximum Gasteiger partial charge on any atom is 0.0446 e. The number of hydrogen-bond donors (Lipinski definition) is 0. The normalized spacial score (nSPS) is 11.6. The van der Waals surface area contributed by atoms with Crippen molar-refractivity contribution in [2.45, 2.75) is 6.92 Å². The highest BCUT2D eigenvalue weighted by atomic mass is 32.1. The quantitative estimate of drug-likeness (QED) is 0.201. The van der Waals surface area contributed by atoms with Gasteiger partial charge in [-0.25, -0.2) is 0 Å². The minimum Gasteiger partial charge on any atom is -0.134 e. The third-order valence-corrected chi connectivity index (χ3v) is 9.53. The van der Waals surface area contributed by atoms with Gasteiger partial charge >= 0.3 is 0 Å². The SMILES string of the molecule is Cc1cccc2c(-c3ccc4ccccc4c3)c(-c3c4ccccc4c(-c4ccccc4)c4ccccc34)sc12. The van der Waals surface area contributed by atoms with Gasteiger partial charge in [-0.1, -0.05) is 133 Å². The molecular weight excluding hydrogens is 500 g/mol. The molecule has 0 aliphatic heterocycles. The third kappa shape index (κ3) is 3.52. The van der Waals surface area contributed by atoms with Crippen molar-refractivity contribution in [3.63, 3.8) is 0 Å². The molecule has 0 aliphatic rings. The molecule has 0 radical (unpaired) electrons. The van der Waals surface area contributed by atoms with Gasteiger partial charge in [0.05, 0.1) is 0 Å². The zero-order valence-electron chi connectivity index (χ0n) is 22.2. The number of rotatable bonds is 3. The largest absolute Gasteiger partial charge is 0.134 e. The standard InChI is InChI=1S/C39H26S/c1-25-12-11-21-34-36(29-23-22-26-13-5-6-16-28(26)24-29)39(40-38(25)34)37-32-19-9-7-17-30(32)35(27-14-3-2-4-15-27)31-18-8-10-20-33(31)37/h2-24H,1H3. The highest BCUT2D eigenvalue weighted by Crippen LogP contribution is 2.51. The van der Waals surface area contributed by atoms with Gasteiger partial charge in [0.1, 0.15) is 0 Å². The van der Waals surface area contributed by atoms with Crippen LogP contribution < -0.4 is 0 Å². The molecule has 0 saturated carbocycles. The maximum atomic E-state index is 2.37. The molecule has 0 nitrogen and oxygen atoms in total. The molecule has 8 aromatic rings. The Labute approximate surface area is 237 Å². The van der Waals surface area contributed by atoms with Crippen molar-refractivity contribution in [3.8, 4) is 32.7 Å². The van der Waals surface area contributed by atoms with Gasteiger partial charge in [0.2, 0.25) is 0 Å². The molecule has 0 amide bonds. The monoisotopic (exact) mass is 526 g/mol. The van der Waals surface area contributed by atoms with Crippen LogP contribution in [0.15, 0.2) is 140 Å². The third-order valence-electron chi connectivity index (χ3n) is 8.17. The second kappa shape index (κ2) is 9.19. The highest BCUT2D eigenvalue weighted by Gasteiger charge is 2.23. The van der Waals surface area contributed by atoms with Crippen LogP contribution in [-0.2, 0) is 0 Å². The minimum atomic E-state index is 1.25. The molecule has 1 heterocycles. The van der Waals surface area contributed by atoms with E-state index in [1.165, 1.54) is 80.7 Å². The number of aryl methyl sites for hydroxylation is 1. The first-order chi connectivity index (χ1) is 19.8. The molecule has 188 valence electrons. The molecule has 1 aromatic heterocycles. The predicted molar refractivity (Wildman–Crippen MR) is 175 cm³/mol. The molecule has 0 atom stereocenters. The van der Waals surface area contributed by atoms with E-state index in [9.17, 15) is 0 Å². The second-order valence-electron chi connectivity index (χ2n) is 10.5. The van der Waals surface area contributed by atoms with E-state index in [2.05, 4.69) is 146 Å². The summed E-state index contributed by atoms with van der Waals surface area (Å²) in [4.78, 5) is 1.34. The van der Waals surface area contributed by atoms with Gasteiger partial charge in [-0.15, -0.1) is 11.3 Å². The van der Waals surface area contributed by atoms with E-state index in [1.54, 1.807) is 0 Å². The summed E-state index contributed by atoms with van der Waals surface area (Å²) in [6.07, 6.45) is 0. The van der Waals surface area contributed by atoms with Gasteiger partial charge in [-0.2, -0.15) is 0 Å². The number of benzene rings is 7. The summed E-state index contributed by atoms with van der Waals surface area (Å²) in [6, 6.07) is 51.1. The lowest BCUT2D eigenvalue weighted by molar-refractivity contribution is 1.56. The molecule has 1 heteroatoms. The van der Waals surface area contributed by atoms with E-state index in [4.69, 9.17) is 0 Å². The van der Waals surface area contributed by atoms with Crippen molar-refractivity contribution in [1.82, 2.24) is 0 Å². The Hall–Kier alpha value is -4.72. The van der Waals surface area contributed by atoms with E-state index in [1.807, 2.05) is 11.3 Å². The summed E-state index contributed by atoms with van der Waals surface area (Å²) < 4.78 is 1.36. The summed E-state index contributed by atoms with van der Waals surface area (Å²) in [5, 5.41) is 9.05. The molecule has 8 rings (SSSR count). The van der Waals surface area contributed by atoms with Gasteiger partial charge in [-0.3, -0.25) is 0 Å². The predicted octanol–water partition coefficient (Wildman–Crippen LogP) is 11.7. The van der Waals surface area contributed by atoms with Crippen LogP contribution in [-0.4, -0.2) is 0 Å². The first-order valence-corrected chi connectivity index (χ1v) is 14.6. The highest BCUT2D eigenvalue weighted by molar-refractivity contribution is 7.23. The Morgan fingerprint density at radius 2 is 0.975 bits per heavy atom. The summed E-state index contributed by atoms with van der Waals surface area (Å²) in [5.41, 5.74) is 7.81. The van der Waals surface area contributed by atoms with Crippen molar-refractivity contribution in [2.75, 3.05) is 0 Å². The fourth-order valence-electron chi connectivity index (χ4n) is 6.36. The summed E-state index contributed by atoms with van der Waals surface area (Å²) in [5.74, 6) is 0. The fraction of sp³-hybridized carbons (Fsp3) is 0.0256. The molecule has 0 bridgehead atoms. The fourth-order valence-corrected chi connectivity index (χ4v) is 7.72. The van der Waals surface area contributed by atoms with Gasteiger partial charge in [0.15, 0.2) is 0 Å². The second-order valence-corrected chi connectivity index (χ2v) is 11.5. The molecule has 0 unspecified atom stereocenters. The van der Waals surface area contributed by atoms with Gasteiger partial charge in [-0.05, 0) is 67.6 Å². The van der Waals surface area contributed by atoms with Crippen LogP contribution in [0.25, 0.3) is 75.1 Å². The van der Waals surface area contributed by atoms with Gasteiger partial charge in [0.25, 0.3) is 0 Å².